The van der Waals surface area contributed by atoms with Crippen LogP contribution < -0.4 is 10.5 Å². The Kier molecular flexibility index (Phi) is 5.72. The van der Waals surface area contributed by atoms with E-state index in [0.717, 1.165) is 29.7 Å². The molecule has 0 saturated heterocycles. The Morgan fingerprint density at radius 3 is 2.38 bits per heavy atom. The van der Waals surface area contributed by atoms with Crippen LogP contribution >= 0.6 is 0 Å². The predicted octanol–water partition coefficient (Wildman–Crippen LogP) is 5.39. The van der Waals surface area contributed by atoms with E-state index in [2.05, 4.69) is 0 Å². The molecule has 1 saturated carbocycles. The van der Waals surface area contributed by atoms with Crippen molar-refractivity contribution in [3.05, 3.63) is 47.0 Å². The molecule has 0 aliphatic heterocycles. The number of ether oxygens (including phenoxy) is 1. The molecule has 2 aromatic rings. The van der Waals surface area contributed by atoms with Crippen LogP contribution in [-0.4, -0.2) is 10.2 Å². The maximum atomic E-state index is 10.7. The van der Waals surface area contributed by atoms with Crippen LogP contribution in [-0.2, 0) is 0 Å². The second-order valence-electron chi connectivity index (χ2n) is 7.56. The number of phenolic OH excluding ortho intramolecular Hbond substituents is 1. The normalized spacial score (nSPS) is 16.4. The first-order chi connectivity index (χ1) is 12.4. The lowest BCUT2D eigenvalue weighted by atomic mass is 9.84. The third-order valence-electron chi connectivity index (χ3n) is 5.34. The lowest BCUT2D eigenvalue weighted by Crippen LogP contribution is -2.11. The van der Waals surface area contributed by atoms with E-state index in [0.29, 0.717) is 29.3 Å². The number of aliphatic hydroxyl groups excluding tert-OH is 1. The quantitative estimate of drug-likeness (QED) is 0.629. The molecule has 140 valence electrons. The van der Waals surface area contributed by atoms with Gasteiger partial charge in [-0.25, -0.2) is 0 Å². The van der Waals surface area contributed by atoms with Crippen LogP contribution in [0.4, 0.5) is 5.69 Å². The van der Waals surface area contributed by atoms with Crippen LogP contribution in [0.2, 0.25) is 0 Å². The van der Waals surface area contributed by atoms with E-state index in [1.54, 1.807) is 18.2 Å². The molecular formula is C22H29NO3. The number of hydrogen-bond donors (Lipinski definition) is 3. The summed E-state index contributed by atoms with van der Waals surface area (Å²) in [6, 6.07) is 8.82. The standard InChI is InChI=1S/C22H29NO3/c1-14-10-17(23)11-15(2)22(14)26-18-8-9-20(24)19(13-18)21(25)12-16-6-4-3-5-7-16/h8-11,13,16,21,24-25H,3-7,12,23H2,1-2H3. The Hall–Kier alpha value is -2.20. The van der Waals surface area contributed by atoms with E-state index < -0.39 is 6.10 Å². The Labute approximate surface area is 155 Å². The highest BCUT2D eigenvalue weighted by Crippen LogP contribution is 2.38. The summed E-state index contributed by atoms with van der Waals surface area (Å²) in [6.45, 7) is 3.91. The number of benzene rings is 2. The second kappa shape index (κ2) is 8.00. The average Bonchev–Trinajstić information content (AvgIpc) is 2.60. The molecule has 0 aromatic heterocycles. The first-order valence-corrected chi connectivity index (χ1v) is 9.49. The number of nitrogens with two attached hydrogens (primary N) is 1. The monoisotopic (exact) mass is 355 g/mol. The topological polar surface area (TPSA) is 75.7 Å². The number of aliphatic hydroxyl groups is 1. The molecule has 1 aliphatic carbocycles. The van der Waals surface area contributed by atoms with E-state index in [1.165, 1.54) is 19.3 Å². The molecule has 26 heavy (non-hydrogen) atoms. The molecule has 4 N–H and O–H groups in total. The minimum Gasteiger partial charge on any atom is -0.508 e. The maximum Gasteiger partial charge on any atom is 0.133 e. The van der Waals surface area contributed by atoms with Crippen molar-refractivity contribution < 1.29 is 14.9 Å². The highest BCUT2D eigenvalue weighted by atomic mass is 16.5. The molecule has 0 spiro atoms. The SMILES string of the molecule is Cc1cc(N)cc(C)c1Oc1ccc(O)c(C(O)CC2CCCCC2)c1. The van der Waals surface area contributed by atoms with Gasteiger partial charge in [0.15, 0.2) is 0 Å². The fourth-order valence-corrected chi connectivity index (χ4v) is 3.99. The highest BCUT2D eigenvalue weighted by Gasteiger charge is 2.21. The molecule has 1 fully saturated rings. The van der Waals surface area contributed by atoms with Crippen molar-refractivity contribution in [3.8, 4) is 17.2 Å². The molecule has 1 unspecified atom stereocenters. The number of hydrogen-bond acceptors (Lipinski definition) is 4. The van der Waals surface area contributed by atoms with Crippen LogP contribution in [0.15, 0.2) is 30.3 Å². The molecule has 2 aromatic carbocycles. The van der Waals surface area contributed by atoms with Gasteiger partial charge in [0.25, 0.3) is 0 Å². The van der Waals surface area contributed by atoms with Gasteiger partial charge in [0.05, 0.1) is 6.10 Å². The molecule has 4 heteroatoms. The summed E-state index contributed by atoms with van der Waals surface area (Å²) in [5, 5.41) is 20.9. The maximum absolute atomic E-state index is 10.7. The fraction of sp³-hybridized carbons (Fsp3) is 0.455. The molecule has 4 nitrogen and oxygen atoms in total. The van der Waals surface area contributed by atoms with Crippen molar-refractivity contribution in [1.82, 2.24) is 0 Å². The van der Waals surface area contributed by atoms with Gasteiger partial charge in [-0.1, -0.05) is 32.1 Å². The van der Waals surface area contributed by atoms with Crippen molar-refractivity contribution in [2.24, 2.45) is 5.92 Å². The van der Waals surface area contributed by atoms with Crippen LogP contribution in [0, 0.1) is 19.8 Å². The molecule has 1 aliphatic rings. The lowest BCUT2D eigenvalue weighted by Gasteiger charge is -2.24. The van der Waals surface area contributed by atoms with Gasteiger partial charge in [0, 0.05) is 11.3 Å². The van der Waals surface area contributed by atoms with Crippen LogP contribution in [0.25, 0.3) is 0 Å². The van der Waals surface area contributed by atoms with Gasteiger partial charge < -0.3 is 20.7 Å². The van der Waals surface area contributed by atoms with Crippen LogP contribution in [0.3, 0.4) is 0 Å². The summed E-state index contributed by atoms with van der Waals surface area (Å²) >= 11 is 0. The first kappa shape index (κ1) is 18.6. The van der Waals surface area contributed by atoms with Crippen molar-refractivity contribution in [3.63, 3.8) is 0 Å². The Bertz CT molecular complexity index is 743. The summed E-state index contributed by atoms with van der Waals surface area (Å²) in [5.41, 5.74) is 9.04. The number of aryl methyl sites for hydroxylation is 2. The summed E-state index contributed by atoms with van der Waals surface area (Å²) in [5.74, 6) is 2.02. The van der Waals surface area contributed by atoms with Crippen LogP contribution in [0.1, 0.15) is 61.3 Å². The summed E-state index contributed by atoms with van der Waals surface area (Å²) in [6.07, 6.45) is 6.12. The van der Waals surface area contributed by atoms with E-state index in [9.17, 15) is 10.2 Å². The van der Waals surface area contributed by atoms with E-state index >= 15 is 0 Å². The first-order valence-electron chi connectivity index (χ1n) is 9.49. The number of nitrogen functional groups attached to an aromatic ring is 1. The van der Waals surface area contributed by atoms with E-state index in [4.69, 9.17) is 10.5 Å². The third kappa shape index (κ3) is 4.31. The zero-order valence-electron chi connectivity index (χ0n) is 15.7. The van der Waals surface area contributed by atoms with Crippen molar-refractivity contribution in [1.29, 1.82) is 0 Å². The molecule has 3 rings (SSSR count). The average molecular weight is 355 g/mol. The number of anilines is 1. The van der Waals surface area contributed by atoms with Crippen molar-refractivity contribution >= 4 is 5.69 Å². The smallest absolute Gasteiger partial charge is 0.133 e. The Balaban J connectivity index is 1.79. The minimum atomic E-state index is -0.671. The summed E-state index contributed by atoms with van der Waals surface area (Å²) in [7, 11) is 0. The molecule has 0 amide bonds. The highest BCUT2D eigenvalue weighted by molar-refractivity contribution is 5.54. The Morgan fingerprint density at radius 2 is 1.73 bits per heavy atom. The fourth-order valence-electron chi connectivity index (χ4n) is 3.99. The van der Waals surface area contributed by atoms with Gasteiger partial charge in [-0.05, 0) is 67.6 Å². The van der Waals surface area contributed by atoms with Gasteiger partial charge in [-0.3, -0.25) is 0 Å². The van der Waals surface area contributed by atoms with Gasteiger partial charge >= 0.3 is 0 Å². The predicted molar refractivity (Wildman–Crippen MR) is 105 cm³/mol. The number of rotatable bonds is 5. The lowest BCUT2D eigenvalue weighted by molar-refractivity contribution is 0.128. The molecular weight excluding hydrogens is 326 g/mol. The van der Waals surface area contributed by atoms with Gasteiger partial charge in [0.1, 0.15) is 17.2 Å². The molecule has 0 bridgehead atoms. The number of aromatic hydroxyl groups is 1. The molecule has 1 atom stereocenters. The molecule has 0 heterocycles. The van der Waals surface area contributed by atoms with Gasteiger partial charge in [-0.2, -0.15) is 0 Å². The van der Waals surface area contributed by atoms with E-state index in [1.807, 2.05) is 26.0 Å². The van der Waals surface area contributed by atoms with E-state index in [-0.39, 0.29) is 5.75 Å². The zero-order chi connectivity index (χ0) is 18.7. The summed E-state index contributed by atoms with van der Waals surface area (Å²) < 4.78 is 6.05. The summed E-state index contributed by atoms with van der Waals surface area (Å²) in [4.78, 5) is 0. The third-order valence-corrected chi connectivity index (χ3v) is 5.34. The van der Waals surface area contributed by atoms with Crippen molar-refractivity contribution in [2.75, 3.05) is 5.73 Å². The number of phenols is 1. The molecule has 0 radical (unpaired) electrons. The van der Waals surface area contributed by atoms with Crippen molar-refractivity contribution in [2.45, 2.75) is 58.5 Å². The second-order valence-corrected chi connectivity index (χ2v) is 7.56. The zero-order valence-corrected chi connectivity index (χ0v) is 15.7. The Morgan fingerprint density at radius 1 is 1.08 bits per heavy atom. The van der Waals surface area contributed by atoms with Crippen LogP contribution in [0.5, 0.6) is 17.2 Å². The van der Waals surface area contributed by atoms with Gasteiger partial charge in [0.2, 0.25) is 0 Å². The van der Waals surface area contributed by atoms with Gasteiger partial charge in [-0.15, -0.1) is 0 Å². The minimum absolute atomic E-state index is 0.117. The largest absolute Gasteiger partial charge is 0.508 e.